The predicted molar refractivity (Wildman–Crippen MR) is 128 cm³/mol. The molecule has 0 aromatic heterocycles. The smallest absolute Gasteiger partial charge is 0.312 e. The zero-order chi connectivity index (χ0) is 27.9. The van der Waals surface area contributed by atoms with E-state index in [2.05, 4.69) is 6.58 Å². The predicted octanol–water partition coefficient (Wildman–Crippen LogP) is 1.20. The van der Waals surface area contributed by atoms with Crippen LogP contribution in [0.2, 0.25) is 0 Å². The molecule has 0 bridgehead atoms. The van der Waals surface area contributed by atoms with Gasteiger partial charge in [0.2, 0.25) is 0 Å². The fourth-order valence-electron chi connectivity index (χ4n) is 7.17. The monoisotopic (exact) mass is 556 g/mol. The van der Waals surface area contributed by atoms with Gasteiger partial charge in [-0.05, 0) is 25.3 Å². The summed E-state index contributed by atoms with van der Waals surface area (Å²) in [6.07, 6.45) is -5.33. The van der Waals surface area contributed by atoms with Crippen molar-refractivity contribution in [3.63, 3.8) is 0 Å². The number of epoxide rings is 2. The molecule has 3 heterocycles. The fourth-order valence-corrected chi connectivity index (χ4v) is 7.55. The third kappa shape index (κ3) is 3.88. The number of hydrogen-bond acceptors (Lipinski definition) is 11. The minimum absolute atomic E-state index is 0.250. The topological polar surface area (TPSA) is 150 Å². The molecule has 11 nitrogen and oxygen atoms in total. The Bertz CT molecular complexity index is 1090. The fraction of sp³-hybridized carbons (Fsp3) is 0.769. The van der Waals surface area contributed by atoms with E-state index in [1.54, 1.807) is 6.92 Å². The van der Waals surface area contributed by atoms with Gasteiger partial charge in [-0.25, -0.2) is 0 Å². The minimum Gasteiger partial charge on any atom is -0.462 e. The summed E-state index contributed by atoms with van der Waals surface area (Å²) in [6, 6.07) is 0. The van der Waals surface area contributed by atoms with Crippen molar-refractivity contribution < 1.29 is 52.7 Å². The van der Waals surface area contributed by atoms with E-state index in [1.165, 1.54) is 27.7 Å². The van der Waals surface area contributed by atoms with Crippen molar-refractivity contribution in [2.24, 2.45) is 17.3 Å². The first kappa shape index (κ1) is 27.4. The van der Waals surface area contributed by atoms with Gasteiger partial charge < -0.3 is 33.5 Å². The SMILES string of the molecule is C=C1C(Cl)C2OC(=O)C(C)C2(O)C(OC(C)=O)C2C3(CCC(OC(C)=O)C2(C)C(OC(C)=O)C2OC12)CO3. The van der Waals surface area contributed by atoms with Crippen molar-refractivity contribution in [1.82, 2.24) is 0 Å². The molecule has 5 fully saturated rings. The maximum absolute atomic E-state index is 12.9. The number of rotatable bonds is 3. The zero-order valence-electron chi connectivity index (χ0n) is 21.9. The van der Waals surface area contributed by atoms with Gasteiger partial charge in [0.25, 0.3) is 0 Å². The second kappa shape index (κ2) is 8.90. The van der Waals surface area contributed by atoms with E-state index in [9.17, 15) is 24.3 Å². The van der Waals surface area contributed by atoms with E-state index in [0.717, 1.165) is 0 Å². The van der Waals surface area contributed by atoms with Crippen LogP contribution in [0.5, 0.6) is 0 Å². The molecule has 12 heteroatoms. The summed E-state index contributed by atoms with van der Waals surface area (Å²) in [7, 11) is 0. The Morgan fingerprint density at radius 2 is 1.66 bits per heavy atom. The number of fused-ring (bicyclic) bond motifs is 4. The van der Waals surface area contributed by atoms with Gasteiger partial charge in [-0.3, -0.25) is 19.2 Å². The second-order valence-electron chi connectivity index (χ2n) is 11.4. The van der Waals surface area contributed by atoms with Gasteiger partial charge in [-0.15, -0.1) is 11.6 Å². The lowest BCUT2D eigenvalue weighted by atomic mass is 9.52. The molecule has 0 aromatic carbocycles. The van der Waals surface area contributed by atoms with E-state index in [1.807, 2.05) is 0 Å². The van der Waals surface area contributed by atoms with Gasteiger partial charge in [0.15, 0.2) is 11.7 Å². The van der Waals surface area contributed by atoms with Crippen molar-refractivity contribution in [3.05, 3.63) is 12.2 Å². The molecule has 1 N–H and O–H groups in total. The standard InChI is InChI=1S/C26H33ClO11/c1-10-16(27)20-26(32,11(2)23(31)38-20)22(36-14(5)30)19-24(6,21(35-13(4)29)18-17(10)37-18)15(34-12(3)28)7-8-25(19)9-33-25/h11,15-22,32H,1,7-9H2,2-6H3. The molecule has 210 valence electrons. The van der Waals surface area contributed by atoms with Gasteiger partial charge in [-0.2, -0.15) is 0 Å². The van der Waals surface area contributed by atoms with Crippen LogP contribution in [-0.4, -0.2) is 88.8 Å². The number of hydrogen-bond donors (Lipinski definition) is 1. The number of carbonyl (C=O) groups is 4. The Morgan fingerprint density at radius 3 is 2.21 bits per heavy atom. The lowest BCUT2D eigenvalue weighted by Gasteiger charge is -2.56. The summed E-state index contributed by atoms with van der Waals surface area (Å²) in [5.41, 5.74) is -4.07. The Kier molecular flexibility index (Phi) is 6.41. The molecule has 0 radical (unpaired) electrons. The van der Waals surface area contributed by atoms with E-state index in [4.69, 9.17) is 40.0 Å². The molecule has 12 unspecified atom stereocenters. The minimum atomic E-state index is -2.14. The number of alkyl halides is 1. The summed E-state index contributed by atoms with van der Waals surface area (Å²) in [6.45, 7) is 11.2. The third-order valence-corrected chi connectivity index (χ3v) is 9.61. The number of carbonyl (C=O) groups excluding carboxylic acids is 4. The van der Waals surface area contributed by atoms with Crippen LogP contribution in [0.25, 0.3) is 0 Å². The molecule has 5 aliphatic rings. The van der Waals surface area contributed by atoms with Crippen LogP contribution in [0, 0.1) is 17.3 Å². The largest absolute Gasteiger partial charge is 0.462 e. The molecule has 2 aliphatic carbocycles. The molecule has 0 amide bonds. The van der Waals surface area contributed by atoms with Crippen LogP contribution < -0.4 is 0 Å². The van der Waals surface area contributed by atoms with E-state index in [-0.39, 0.29) is 6.61 Å². The normalized spacial score (nSPS) is 49.1. The first-order valence-corrected chi connectivity index (χ1v) is 13.2. The van der Waals surface area contributed by atoms with Crippen LogP contribution in [-0.2, 0) is 47.6 Å². The highest BCUT2D eigenvalue weighted by Gasteiger charge is 2.78. The van der Waals surface area contributed by atoms with E-state index in [0.29, 0.717) is 18.4 Å². The van der Waals surface area contributed by atoms with Gasteiger partial charge in [0.1, 0.15) is 30.5 Å². The summed E-state index contributed by atoms with van der Waals surface area (Å²) < 4.78 is 35.2. The number of ether oxygens (including phenoxy) is 6. The zero-order valence-corrected chi connectivity index (χ0v) is 22.7. The average molecular weight is 557 g/mol. The molecule has 5 rings (SSSR count). The molecular formula is C26H33ClO11. The van der Waals surface area contributed by atoms with Crippen molar-refractivity contribution in [2.75, 3.05) is 6.61 Å². The maximum atomic E-state index is 12.9. The highest BCUT2D eigenvalue weighted by Crippen LogP contribution is 2.64. The lowest BCUT2D eigenvalue weighted by Crippen LogP contribution is -2.71. The third-order valence-electron chi connectivity index (χ3n) is 9.10. The molecule has 3 saturated heterocycles. The summed E-state index contributed by atoms with van der Waals surface area (Å²) >= 11 is 6.80. The van der Waals surface area contributed by atoms with Gasteiger partial charge in [-0.1, -0.05) is 13.5 Å². The number of aliphatic hydroxyl groups is 1. The van der Waals surface area contributed by atoms with Crippen LogP contribution >= 0.6 is 11.6 Å². The van der Waals surface area contributed by atoms with E-state index >= 15 is 0 Å². The highest BCUT2D eigenvalue weighted by molar-refractivity contribution is 6.23. The molecule has 1 spiro atoms. The van der Waals surface area contributed by atoms with Crippen LogP contribution in [0.3, 0.4) is 0 Å². The Hall–Kier alpha value is -2.21. The van der Waals surface area contributed by atoms with Crippen molar-refractivity contribution in [1.29, 1.82) is 0 Å². The highest BCUT2D eigenvalue weighted by atomic mass is 35.5. The number of halogens is 1. The van der Waals surface area contributed by atoms with Crippen LogP contribution in [0.1, 0.15) is 47.5 Å². The van der Waals surface area contributed by atoms with Crippen molar-refractivity contribution in [3.8, 4) is 0 Å². The van der Waals surface area contributed by atoms with Gasteiger partial charge >= 0.3 is 23.9 Å². The summed E-state index contributed by atoms with van der Waals surface area (Å²) in [4.78, 5) is 50.2. The van der Waals surface area contributed by atoms with E-state index < -0.39 is 94.3 Å². The van der Waals surface area contributed by atoms with Gasteiger partial charge in [0, 0.05) is 26.7 Å². The molecule has 12 atom stereocenters. The Balaban J connectivity index is 1.79. The molecule has 3 aliphatic heterocycles. The molecule has 38 heavy (non-hydrogen) atoms. The Morgan fingerprint density at radius 1 is 1.08 bits per heavy atom. The van der Waals surface area contributed by atoms with Crippen molar-refractivity contribution >= 4 is 35.5 Å². The first-order chi connectivity index (χ1) is 17.7. The average Bonchev–Trinajstić information content (AvgIpc) is 3.74. The molecule has 0 aromatic rings. The summed E-state index contributed by atoms with van der Waals surface area (Å²) in [5, 5.41) is 11.3. The van der Waals surface area contributed by atoms with Crippen molar-refractivity contribution in [2.45, 2.75) is 101 Å². The number of esters is 4. The quantitative estimate of drug-likeness (QED) is 0.175. The second-order valence-corrected chi connectivity index (χ2v) is 11.8. The lowest BCUT2D eigenvalue weighted by molar-refractivity contribution is -0.245. The van der Waals surface area contributed by atoms with Crippen LogP contribution in [0.4, 0.5) is 0 Å². The first-order valence-electron chi connectivity index (χ1n) is 12.7. The van der Waals surface area contributed by atoms with Gasteiger partial charge in [0.05, 0.1) is 28.9 Å². The molecular weight excluding hydrogens is 524 g/mol. The Labute approximate surface area is 225 Å². The van der Waals surface area contributed by atoms with Crippen LogP contribution in [0.15, 0.2) is 12.2 Å². The molecule has 2 saturated carbocycles. The summed E-state index contributed by atoms with van der Waals surface area (Å²) in [5.74, 6) is -4.72. The maximum Gasteiger partial charge on any atom is 0.312 e.